The molecule has 1 fully saturated rings. The van der Waals surface area contributed by atoms with Crippen molar-refractivity contribution in [1.82, 2.24) is 0 Å². The van der Waals surface area contributed by atoms with E-state index >= 15 is 0 Å². The third-order valence-corrected chi connectivity index (χ3v) is 1.77. The SMILES string of the molecule is Clc1cccc(C#CC2CO2)c1. The first-order valence-corrected chi connectivity index (χ1v) is 4.11. The van der Waals surface area contributed by atoms with Gasteiger partial charge in [0.15, 0.2) is 0 Å². The lowest BCUT2D eigenvalue weighted by atomic mass is 10.2. The molecule has 0 spiro atoms. The second-order valence-corrected chi connectivity index (χ2v) is 3.04. The highest BCUT2D eigenvalue weighted by atomic mass is 35.5. The molecule has 0 amide bonds. The summed E-state index contributed by atoms with van der Waals surface area (Å²) in [5.41, 5.74) is 0.943. The van der Waals surface area contributed by atoms with Crippen molar-refractivity contribution in [3.05, 3.63) is 34.9 Å². The monoisotopic (exact) mass is 178 g/mol. The molecule has 1 aliphatic heterocycles. The lowest BCUT2D eigenvalue weighted by molar-refractivity contribution is 0.445. The molecule has 0 aliphatic carbocycles. The summed E-state index contributed by atoms with van der Waals surface area (Å²) >= 11 is 5.78. The molecule has 12 heavy (non-hydrogen) atoms. The van der Waals surface area contributed by atoms with Gasteiger partial charge in [-0.05, 0) is 18.2 Å². The minimum Gasteiger partial charge on any atom is -0.359 e. The normalized spacial score (nSPS) is 19.6. The van der Waals surface area contributed by atoms with E-state index < -0.39 is 0 Å². The molecule has 1 atom stereocenters. The molecule has 1 heterocycles. The van der Waals surface area contributed by atoms with Gasteiger partial charge in [0, 0.05) is 10.6 Å². The Morgan fingerprint density at radius 2 is 2.33 bits per heavy atom. The first kappa shape index (κ1) is 7.67. The Labute approximate surface area is 76.3 Å². The van der Waals surface area contributed by atoms with Gasteiger partial charge in [-0.25, -0.2) is 0 Å². The number of epoxide rings is 1. The van der Waals surface area contributed by atoms with Gasteiger partial charge in [-0.3, -0.25) is 0 Å². The zero-order chi connectivity index (χ0) is 8.39. The largest absolute Gasteiger partial charge is 0.359 e. The van der Waals surface area contributed by atoms with E-state index in [4.69, 9.17) is 16.3 Å². The molecule has 60 valence electrons. The van der Waals surface area contributed by atoms with E-state index in [1.54, 1.807) is 0 Å². The van der Waals surface area contributed by atoms with Gasteiger partial charge in [0.2, 0.25) is 0 Å². The molecule has 0 bridgehead atoms. The zero-order valence-electron chi connectivity index (χ0n) is 6.38. The summed E-state index contributed by atoms with van der Waals surface area (Å²) < 4.78 is 4.95. The maximum absolute atomic E-state index is 5.78. The van der Waals surface area contributed by atoms with Crippen LogP contribution in [0, 0.1) is 11.8 Å². The second-order valence-electron chi connectivity index (χ2n) is 2.60. The zero-order valence-corrected chi connectivity index (χ0v) is 7.14. The van der Waals surface area contributed by atoms with Crippen LogP contribution in [0.4, 0.5) is 0 Å². The van der Waals surface area contributed by atoms with Crippen LogP contribution in [-0.2, 0) is 4.74 Å². The Hall–Kier alpha value is -0.970. The third kappa shape index (κ3) is 2.01. The van der Waals surface area contributed by atoms with Crippen LogP contribution in [0.3, 0.4) is 0 Å². The maximum Gasteiger partial charge on any atom is 0.142 e. The van der Waals surface area contributed by atoms with E-state index in [9.17, 15) is 0 Å². The Morgan fingerprint density at radius 3 is 3.00 bits per heavy atom. The van der Waals surface area contributed by atoms with E-state index in [0.717, 1.165) is 17.2 Å². The predicted octanol–water partition coefficient (Wildman–Crippen LogP) is 2.09. The van der Waals surface area contributed by atoms with E-state index in [1.807, 2.05) is 24.3 Å². The van der Waals surface area contributed by atoms with Gasteiger partial charge in [-0.15, -0.1) is 0 Å². The molecule has 1 aliphatic rings. The molecule has 1 aromatic rings. The van der Waals surface area contributed by atoms with Crippen LogP contribution in [-0.4, -0.2) is 12.7 Å². The standard InChI is InChI=1S/C10H7ClO/c11-9-3-1-2-8(6-9)4-5-10-7-12-10/h1-3,6,10H,7H2. The lowest BCUT2D eigenvalue weighted by Crippen LogP contribution is -1.77. The Kier molecular flexibility index (Phi) is 2.03. The maximum atomic E-state index is 5.78. The molecule has 1 nitrogen and oxygen atoms in total. The number of hydrogen-bond donors (Lipinski definition) is 0. The molecule has 2 rings (SSSR count). The molecular weight excluding hydrogens is 172 g/mol. The summed E-state index contributed by atoms with van der Waals surface area (Å²) in [5.74, 6) is 5.96. The molecule has 0 aromatic heterocycles. The molecule has 0 N–H and O–H groups in total. The van der Waals surface area contributed by atoms with Crippen molar-refractivity contribution < 1.29 is 4.74 Å². The number of hydrogen-bond acceptors (Lipinski definition) is 1. The van der Waals surface area contributed by atoms with Crippen LogP contribution in [0.1, 0.15) is 5.56 Å². The first-order valence-electron chi connectivity index (χ1n) is 3.73. The fraction of sp³-hybridized carbons (Fsp3) is 0.200. The highest BCUT2D eigenvalue weighted by Gasteiger charge is 2.18. The van der Waals surface area contributed by atoms with Crippen LogP contribution < -0.4 is 0 Å². The van der Waals surface area contributed by atoms with Crippen molar-refractivity contribution in [2.24, 2.45) is 0 Å². The summed E-state index contributed by atoms with van der Waals surface area (Å²) in [7, 11) is 0. The van der Waals surface area contributed by atoms with Crippen LogP contribution in [0.5, 0.6) is 0 Å². The van der Waals surface area contributed by atoms with Crippen molar-refractivity contribution in [3.63, 3.8) is 0 Å². The minimum atomic E-state index is 0.156. The van der Waals surface area contributed by atoms with Crippen molar-refractivity contribution in [1.29, 1.82) is 0 Å². The molecule has 1 aromatic carbocycles. The third-order valence-electron chi connectivity index (χ3n) is 1.54. The Bertz CT molecular complexity index is 344. The number of halogens is 1. The van der Waals surface area contributed by atoms with Gasteiger partial charge >= 0.3 is 0 Å². The van der Waals surface area contributed by atoms with Crippen LogP contribution in [0.25, 0.3) is 0 Å². The smallest absolute Gasteiger partial charge is 0.142 e. The average molecular weight is 179 g/mol. The van der Waals surface area contributed by atoms with E-state index in [2.05, 4.69) is 11.8 Å². The fourth-order valence-electron chi connectivity index (χ4n) is 0.862. The molecular formula is C10H7ClO. The second kappa shape index (κ2) is 3.18. The van der Waals surface area contributed by atoms with E-state index in [-0.39, 0.29) is 6.10 Å². The van der Waals surface area contributed by atoms with Crippen LogP contribution in [0.2, 0.25) is 5.02 Å². The fourth-order valence-corrected chi connectivity index (χ4v) is 1.05. The summed E-state index contributed by atoms with van der Waals surface area (Å²) in [6.07, 6.45) is 0.156. The van der Waals surface area contributed by atoms with Crippen molar-refractivity contribution in [2.75, 3.05) is 6.61 Å². The molecule has 0 saturated carbocycles. The molecule has 1 saturated heterocycles. The van der Waals surface area contributed by atoms with Gasteiger partial charge in [0.05, 0.1) is 6.61 Å². The summed E-state index contributed by atoms with van der Waals surface area (Å²) in [6.45, 7) is 0.771. The number of rotatable bonds is 0. The molecule has 1 unspecified atom stereocenters. The topological polar surface area (TPSA) is 12.5 Å². The summed E-state index contributed by atoms with van der Waals surface area (Å²) in [4.78, 5) is 0. The minimum absolute atomic E-state index is 0.156. The molecule has 2 heteroatoms. The van der Waals surface area contributed by atoms with Gasteiger partial charge in [-0.1, -0.05) is 29.5 Å². The highest BCUT2D eigenvalue weighted by molar-refractivity contribution is 6.30. The molecule has 0 radical (unpaired) electrons. The Morgan fingerprint density at radius 1 is 1.50 bits per heavy atom. The van der Waals surface area contributed by atoms with Gasteiger partial charge in [0.1, 0.15) is 6.10 Å². The number of ether oxygens (including phenoxy) is 1. The summed E-state index contributed by atoms with van der Waals surface area (Å²) in [5, 5.41) is 0.721. The average Bonchev–Trinajstić information content (AvgIpc) is 2.84. The van der Waals surface area contributed by atoms with Gasteiger partial charge in [-0.2, -0.15) is 0 Å². The Balaban J connectivity index is 2.18. The summed E-state index contributed by atoms with van der Waals surface area (Å²) in [6, 6.07) is 7.50. The lowest BCUT2D eigenvalue weighted by Gasteiger charge is -1.89. The predicted molar refractivity (Wildman–Crippen MR) is 48.1 cm³/mol. The van der Waals surface area contributed by atoms with Crippen molar-refractivity contribution >= 4 is 11.6 Å². The van der Waals surface area contributed by atoms with Gasteiger partial charge in [0.25, 0.3) is 0 Å². The van der Waals surface area contributed by atoms with E-state index in [1.165, 1.54) is 0 Å². The van der Waals surface area contributed by atoms with Gasteiger partial charge < -0.3 is 4.74 Å². The number of benzene rings is 1. The van der Waals surface area contributed by atoms with Crippen molar-refractivity contribution in [2.45, 2.75) is 6.10 Å². The van der Waals surface area contributed by atoms with Crippen LogP contribution >= 0.6 is 11.6 Å². The van der Waals surface area contributed by atoms with Crippen molar-refractivity contribution in [3.8, 4) is 11.8 Å². The van der Waals surface area contributed by atoms with E-state index in [0.29, 0.717) is 0 Å². The highest BCUT2D eigenvalue weighted by Crippen LogP contribution is 2.10. The first-order chi connectivity index (χ1) is 5.84. The quantitative estimate of drug-likeness (QED) is 0.438. The van der Waals surface area contributed by atoms with Crippen LogP contribution in [0.15, 0.2) is 24.3 Å².